The summed E-state index contributed by atoms with van der Waals surface area (Å²) in [5, 5.41) is 9.44. The third-order valence-corrected chi connectivity index (χ3v) is 7.08. The molecule has 4 aromatic rings. The van der Waals surface area contributed by atoms with Crippen LogP contribution in [-0.4, -0.2) is 23.4 Å². The summed E-state index contributed by atoms with van der Waals surface area (Å²) in [4.78, 5) is 11.8. The van der Waals surface area contributed by atoms with Crippen LogP contribution in [0.5, 0.6) is 5.75 Å². The number of thioether (sulfide) groups is 1. The van der Waals surface area contributed by atoms with Crippen molar-refractivity contribution in [3.63, 3.8) is 0 Å². The van der Waals surface area contributed by atoms with Gasteiger partial charge in [0.2, 0.25) is 0 Å². The maximum atomic E-state index is 13.2. The smallest absolute Gasteiger partial charge is 0.416 e. The van der Waals surface area contributed by atoms with Crippen LogP contribution in [0.3, 0.4) is 0 Å². The third kappa shape index (κ3) is 7.68. The Hall–Kier alpha value is -3.68. The molecule has 3 nitrogen and oxygen atoms in total. The first-order valence-electron chi connectivity index (χ1n) is 11.9. The van der Waals surface area contributed by atoms with Crippen molar-refractivity contribution in [3.8, 4) is 16.9 Å². The van der Waals surface area contributed by atoms with Gasteiger partial charge in [-0.05, 0) is 82.8 Å². The van der Waals surface area contributed by atoms with Crippen molar-refractivity contribution in [2.24, 2.45) is 0 Å². The molecule has 0 aromatic heterocycles. The summed E-state index contributed by atoms with van der Waals surface area (Å²) in [5.74, 6) is 0.137. The molecule has 0 unspecified atom stereocenters. The monoisotopic (exact) mass is 568 g/mol. The molecule has 0 saturated heterocycles. The van der Waals surface area contributed by atoms with Crippen LogP contribution in [0, 0.1) is 6.92 Å². The summed E-state index contributed by atoms with van der Waals surface area (Å²) in [6, 6.07) is 25.8. The maximum absolute atomic E-state index is 13.2. The Morgan fingerprint density at radius 2 is 1.59 bits per heavy atom. The van der Waals surface area contributed by atoms with Gasteiger partial charge in [-0.15, -0.1) is 11.8 Å². The van der Waals surface area contributed by atoms with Gasteiger partial charge >= 0.3 is 12.1 Å². The Balaban J connectivity index is 1.57. The number of rotatable bonds is 9. The van der Waals surface area contributed by atoms with E-state index in [1.54, 1.807) is 23.9 Å². The van der Waals surface area contributed by atoms with Crippen molar-refractivity contribution in [2.45, 2.75) is 18.0 Å². The fourth-order valence-electron chi connectivity index (χ4n) is 3.98. The molecule has 0 aliphatic rings. The average molecular weight is 569 g/mol. The first kappa shape index (κ1) is 28.3. The lowest BCUT2D eigenvalue weighted by atomic mass is 9.95. The molecule has 0 heterocycles. The van der Waals surface area contributed by atoms with Crippen LogP contribution in [0.1, 0.15) is 22.3 Å². The van der Waals surface area contributed by atoms with Crippen LogP contribution < -0.4 is 4.74 Å². The van der Waals surface area contributed by atoms with E-state index in [1.807, 2.05) is 67.6 Å². The Labute approximate surface area is 233 Å². The quantitative estimate of drug-likeness (QED) is 0.205. The Morgan fingerprint density at radius 1 is 0.923 bits per heavy atom. The molecule has 4 aromatic carbocycles. The van der Waals surface area contributed by atoms with Crippen molar-refractivity contribution in [1.29, 1.82) is 0 Å². The minimum absolute atomic E-state index is 0.396. The molecule has 8 heteroatoms. The molecule has 0 fully saturated rings. The molecule has 0 spiro atoms. The standard InChI is InChI=1S/C31H24ClF3O3S/c1-20-17-27(13-14-29(20)38-19-30(36)37)39-16-15-28(23-9-11-26(32)12-10-23)22-7-5-21(6-8-22)24-3-2-4-25(18-24)31(33,34)35/h2-15,17-18H,16,19H2,1H3,(H,36,37)/b28-15+. The van der Waals surface area contributed by atoms with E-state index in [9.17, 15) is 18.0 Å². The number of carboxylic acids is 1. The van der Waals surface area contributed by atoms with Gasteiger partial charge in [-0.2, -0.15) is 13.2 Å². The van der Waals surface area contributed by atoms with Crippen LogP contribution in [-0.2, 0) is 11.0 Å². The SMILES string of the molecule is Cc1cc(SC/C=C(/c2ccc(Cl)cc2)c2ccc(-c3cccc(C(F)(F)F)c3)cc2)ccc1OCC(=O)O. The number of carbonyl (C=O) groups is 1. The summed E-state index contributed by atoms with van der Waals surface area (Å²) >= 11 is 7.71. The molecule has 0 aliphatic heterocycles. The molecule has 0 saturated carbocycles. The fourth-order valence-corrected chi connectivity index (χ4v) is 4.98. The van der Waals surface area contributed by atoms with E-state index in [2.05, 4.69) is 6.08 Å². The van der Waals surface area contributed by atoms with Gasteiger partial charge in [-0.1, -0.05) is 66.2 Å². The summed E-state index contributed by atoms with van der Waals surface area (Å²) in [6.45, 7) is 1.47. The van der Waals surface area contributed by atoms with Gasteiger partial charge in [0, 0.05) is 15.7 Å². The molecule has 0 aliphatic carbocycles. The molecule has 0 atom stereocenters. The first-order chi connectivity index (χ1) is 18.6. The van der Waals surface area contributed by atoms with E-state index in [0.29, 0.717) is 27.7 Å². The third-order valence-electron chi connectivity index (χ3n) is 5.91. The number of carboxylic acid groups (broad SMARTS) is 1. The second-order valence-corrected chi connectivity index (χ2v) is 10.2. The summed E-state index contributed by atoms with van der Waals surface area (Å²) in [5.41, 5.74) is 4.19. The number of halogens is 4. The number of hydrogen-bond acceptors (Lipinski definition) is 3. The van der Waals surface area contributed by atoms with E-state index in [-0.39, 0.29) is 0 Å². The maximum Gasteiger partial charge on any atom is 0.416 e. The van der Waals surface area contributed by atoms with Gasteiger partial charge in [-0.25, -0.2) is 4.79 Å². The van der Waals surface area contributed by atoms with Gasteiger partial charge in [0.15, 0.2) is 6.61 Å². The van der Waals surface area contributed by atoms with Gasteiger partial charge in [-0.3, -0.25) is 0 Å². The second kappa shape index (κ2) is 12.5. The number of aliphatic carboxylic acids is 1. The lowest BCUT2D eigenvalue weighted by Crippen LogP contribution is -2.09. The lowest BCUT2D eigenvalue weighted by Gasteiger charge is -2.12. The highest BCUT2D eigenvalue weighted by Crippen LogP contribution is 2.34. The lowest BCUT2D eigenvalue weighted by molar-refractivity contribution is -0.139. The van der Waals surface area contributed by atoms with Crippen molar-refractivity contribution < 1.29 is 27.8 Å². The van der Waals surface area contributed by atoms with Crippen LogP contribution in [0.2, 0.25) is 5.02 Å². The first-order valence-corrected chi connectivity index (χ1v) is 13.3. The highest BCUT2D eigenvalue weighted by Gasteiger charge is 2.30. The van der Waals surface area contributed by atoms with Gasteiger partial charge in [0.1, 0.15) is 5.75 Å². The van der Waals surface area contributed by atoms with E-state index >= 15 is 0 Å². The summed E-state index contributed by atoms with van der Waals surface area (Å²) in [7, 11) is 0. The van der Waals surface area contributed by atoms with Crippen molar-refractivity contribution >= 4 is 34.9 Å². The molecule has 200 valence electrons. The molecule has 0 bridgehead atoms. The van der Waals surface area contributed by atoms with E-state index in [1.165, 1.54) is 6.07 Å². The zero-order chi connectivity index (χ0) is 28.0. The highest BCUT2D eigenvalue weighted by molar-refractivity contribution is 7.99. The van der Waals surface area contributed by atoms with Gasteiger partial charge in [0.05, 0.1) is 5.56 Å². The summed E-state index contributed by atoms with van der Waals surface area (Å²) < 4.78 is 44.8. The zero-order valence-electron chi connectivity index (χ0n) is 20.8. The molecule has 0 amide bonds. The fraction of sp³-hybridized carbons (Fsp3) is 0.129. The molecule has 0 radical (unpaired) electrons. The van der Waals surface area contributed by atoms with Gasteiger partial charge in [0.25, 0.3) is 0 Å². The van der Waals surface area contributed by atoms with E-state index in [4.69, 9.17) is 21.4 Å². The van der Waals surface area contributed by atoms with Crippen LogP contribution in [0.25, 0.3) is 16.7 Å². The van der Waals surface area contributed by atoms with Crippen molar-refractivity contribution in [2.75, 3.05) is 12.4 Å². The number of ether oxygens (including phenoxy) is 1. The minimum atomic E-state index is -4.40. The van der Waals surface area contributed by atoms with Crippen LogP contribution in [0.4, 0.5) is 13.2 Å². The van der Waals surface area contributed by atoms with Crippen molar-refractivity contribution in [3.05, 3.63) is 124 Å². The topological polar surface area (TPSA) is 46.5 Å². The number of alkyl halides is 3. The van der Waals surface area contributed by atoms with E-state index in [0.717, 1.165) is 39.3 Å². The average Bonchev–Trinajstić information content (AvgIpc) is 2.91. The predicted octanol–water partition coefficient (Wildman–Crippen LogP) is 9.02. The molecule has 4 rings (SSSR count). The van der Waals surface area contributed by atoms with Gasteiger partial charge < -0.3 is 9.84 Å². The Bertz CT molecular complexity index is 1480. The molecule has 1 N–H and O–H groups in total. The van der Waals surface area contributed by atoms with E-state index < -0.39 is 24.3 Å². The number of hydrogen-bond donors (Lipinski definition) is 1. The molecular formula is C31H24ClF3O3S. The zero-order valence-corrected chi connectivity index (χ0v) is 22.4. The normalized spacial score (nSPS) is 11.9. The Morgan fingerprint density at radius 3 is 2.21 bits per heavy atom. The van der Waals surface area contributed by atoms with Crippen LogP contribution >= 0.6 is 23.4 Å². The minimum Gasteiger partial charge on any atom is -0.482 e. The highest BCUT2D eigenvalue weighted by atomic mass is 35.5. The number of benzene rings is 4. The predicted molar refractivity (Wildman–Crippen MR) is 150 cm³/mol. The second-order valence-electron chi connectivity index (χ2n) is 8.70. The molecular weight excluding hydrogens is 545 g/mol. The van der Waals surface area contributed by atoms with Crippen molar-refractivity contribution in [1.82, 2.24) is 0 Å². The summed E-state index contributed by atoms with van der Waals surface area (Å²) in [6.07, 6.45) is -2.31. The number of aryl methyl sites for hydroxylation is 1. The Kier molecular flexibility index (Phi) is 9.04. The largest absolute Gasteiger partial charge is 0.482 e. The van der Waals surface area contributed by atoms with Crippen LogP contribution in [0.15, 0.2) is 102 Å². The molecule has 39 heavy (non-hydrogen) atoms.